The van der Waals surface area contributed by atoms with E-state index in [0.29, 0.717) is 36.8 Å². The predicted octanol–water partition coefficient (Wildman–Crippen LogP) is 0.731. The molecule has 2 heterocycles. The third kappa shape index (κ3) is 4.14. The number of aliphatic imine (C=N–C) groups is 1. The summed E-state index contributed by atoms with van der Waals surface area (Å²) in [6.07, 6.45) is 6.38. The van der Waals surface area contributed by atoms with Gasteiger partial charge >= 0.3 is 0 Å². The van der Waals surface area contributed by atoms with Crippen LogP contribution in [0.15, 0.2) is 11.2 Å². The van der Waals surface area contributed by atoms with Gasteiger partial charge < -0.3 is 15.6 Å². The molecule has 2 rings (SSSR count). The molecule has 1 aromatic rings. The summed E-state index contributed by atoms with van der Waals surface area (Å²) < 4.78 is 0.398. The minimum Gasteiger partial charge on any atom is -0.359 e. The molecule has 1 atom stereocenters. The smallest absolute Gasteiger partial charge is 0.225 e. The minimum absolute atomic E-state index is 0.00311. The topological polar surface area (TPSA) is 99.2 Å². The van der Waals surface area contributed by atoms with Crippen molar-refractivity contribution in [3.63, 3.8) is 0 Å². The summed E-state index contributed by atoms with van der Waals surface area (Å²) in [5, 5.41) is 5.30. The van der Waals surface area contributed by atoms with Crippen LogP contribution in [-0.2, 0) is 9.59 Å². The molecule has 3 N–H and O–H groups in total. The number of amidine groups is 1. The van der Waals surface area contributed by atoms with Gasteiger partial charge in [0.25, 0.3) is 0 Å². The summed E-state index contributed by atoms with van der Waals surface area (Å²) in [7, 11) is 3.26. The van der Waals surface area contributed by atoms with Gasteiger partial charge in [-0.25, -0.2) is 9.47 Å². The lowest BCUT2D eigenvalue weighted by molar-refractivity contribution is -0.766. The summed E-state index contributed by atoms with van der Waals surface area (Å²) >= 11 is 0. The number of H-pyrrole nitrogens is 1. The first-order valence-electron chi connectivity index (χ1n) is 8.42. The van der Waals surface area contributed by atoms with Crippen LogP contribution >= 0.6 is 0 Å². The Balaban J connectivity index is 2.26. The molecule has 8 nitrogen and oxygen atoms in total. The van der Waals surface area contributed by atoms with Crippen molar-refractivity contribution in [2.45, 2.75) is 33.1 Å². The molecule has 0 aromatic carbocycles. The summed E-state index contributed by atoms with van der Waals surface area (Å²) in [6.45, 7) is 5.03. The van der Waals surface area contributed by atoms with E-state index in [9.17, 15) is 9.59 Å². The van der Waals surface area contributed by atoms with Crippen LogP contribution in [0.25, 0.3) is 5.70 Å². The van der Waals surface area contributed by atoms with Crippen molar-refractivity contribution >= 4 is 23.3 Å². The molecule has 135 valence electrons. The standard InChI is InChI=1S/C17H25N6O2/c1-12-20-10-14(22-12)15-11-21-13(2)23(15,9-7-17(25)19-4)8-5-6-16(24)18-3/h10H,5-9H2,1-4H3,(H2-,18,19,20,22,24,25)/p+1. The highest BCUT2D eigenvalue weighted by atomic mass is 16.2. The Kier molecular flexibility index (Phi) is 6.08. The van der Waals surface area contributed by atoms with Gasteiger partial charge in [-0.3, -0.25) is 9.59 Å². The van der Waals surface area contributed by atoms with Crippen molar-refractivity contribution in [1.82, 2.24) is 20.6 Å². The Hall–Kier alpha value is -2.48. The van der Waals surface area contributed by atoms with E-state index in [-0.39, 0.29) is 11.8 Å². The van der Waals surface area contributed by atoms with Gasteiger partial charge in [0.1, 0.15) is 11.5 Å². The first-order valence-corrected chi connectivity index (χ1v) is 8.42. The average Bonchev–Trinajstić information content (AvgIpc) is 3.16. The Morgan fingerprint density at radius 1 is 1.16 bits per heavy atom. The van der Waals surface area contributed by atoms with Gasteiger partial charge in [-0.2, -0.15) is 4.99 Å². The lowest BCUT2D eigenvalue weighted by Gasteiger charge is -2.35. The largest absolute Gasteiger partial charge is 0.359 e. The van der Waals surface area contributed by atoms with Gasteiger partial charge in [0, 0.05) is 40.1 Å². The van der Waals surface area contributed by atoms with E-state index < -0.39 is 0 Å². The summed E-state index contributed by atoms with van der Waals surface area (Å²) in [5.41, 5.74) is 1.61. The molecular formula is C17H26N6O2+. The quantitative estimate of drug-likeness (QED) is 0.605. The fourth-order valence-corrected chi connectivity index (χ4v) is 3.01. The molecule has 0 saturated heterocycles. The molecule has 0 aliphatic carbocycles. The van der Waals surface area contributed by atoms with Crippen molar-refractivity contribution in [2.24, 2.45) is 4.99 Å². The van der Waals surface area contributed by atoms with Crippen molar-refractivity contribution < 1.29 is 14.1 Å². The molecule has 0 saturated carbocycles. The third-order valence-electron chi connectivity index (χ3n) is 4.54. The summed E-state index contributed by atoms with van der Waals surface area (Å²) in [5.74, 6) is 1.64. The number of aromatic nitrogens is 2. The second-order valence-corrected chi connectivity index (χ2v) is 6.11. The van der Waals surface area contributed by atoms with E-state index in [0.717, 1.165) is 23.1 Å². The van der Waals surface area contributed by atoms with Gasteiger partial charge in [0.2, 0.25) is 17.6 Å². The molecule has 1 aliphatic rings. The highest BCUT2D eigenvalue weighted by molar-refractivity contribution is 5.84. The molecule has 1 aromatic heterocycles. The van der Waals surface area contributed by atoms with E-state index in [1.807, 2.05) is 20.0 Å². The zero-order valence-corrected chi connectivity index (χ0v) is 15.3. The number of hydrogen-bond acceptors (Lipinski definition) is 4. The molecule has 0 bridgehead atoms. The van der Waals surface area contributed by atoms with Crippen LogP contribution < -0.4 is 10.6 Å². The Morgan fingerprint density at radius 2 is 1.84 bits per heavy atom. The zero-order valence-electron chi connectivity index (χ0n) is 15.3. The SMILES string of the molecule is CNC(=O)CCC[N+]1(CCC(=O)NC)C(c2c[nH]c(C)n2)=[C]N=C1C. The van der Waals surface area contributed by atoms with Crippen LogP contribution in [0.1, 0.15) is 37.7 Å². The van der Waals surface area contributed by atoms with Crippen LogP contribution in [0.3, 0.4) is 0 Å². The van der Waals surface area contributed by atoms with E-state index in [1.54, 1.807) is 14.1 Å². The third-order valence-corrected chi connectivity index (χ3v) is 4.54. The molecule has 0 fully saturated rings. The lowest BCUT2D eigenvalue weighted by atomic mass is 10.1. The highest BCUT2D eigenvalue weighted by Gasteiger charge is 2.42. The molecule has 0 spiro atoms. The van der Waals surface area contributed by atoms with Crippen LogP contribution in [0.2, 0.25) is 0 Å². The number of nitrogens with one attached hydrogen (secondary N) is 3. The predicted molar refractivity (Wildman–Crippen MR) is 95.1 cm³/mol. The monoisotopic (exact) mass is 346 g/mol. The maximum Gasteiger partial charge on any atom is 0.225 e. The van der Waals surface area contributed by atoms with Crippen molar-refractivity contribution in [2.75, 3.05) is 27.2 Å². The van der Waals surface area contributed by atoms with E-state index >= 15 is 0 Å². The van der Waals surface area contributed by atoms with Crippen molar-refractivity contribution in [3.8, 4) is 0 Å². The number of carbonyl (C=O) groups is 2. The van der Waals surface area contributed by atoms with Crippen LogP contribution in [0, 0.1) is 13.1 Å². The van der Waals surface area contributed by atoms with Crippen LogP contribution in [0.4, 0.5) is 0 Å². The Morgan fingerprint density at radius 3 is 2.44 bits per heavy atom. The lowest BCUT2D eigenvalue weighted by Crippen LogP contribution is -2.50. The first-order chi connectivity index (χ1) is 11.9. The molecule has 25 heavy (non-hydrogen) atoms. The number of hydrogen-bond donors (Lipinski definition) is 3. The molecule has 1 unspecified atom stereocenters. The fourth-order valence-electron chi connectivity index (χ4n) is 3.01. The normalized spacial score (nSPS) is 19.4. The number of aromatic amines is 1. The zero-order chi connectivity index (χ0) is 18.4. The van der Waals surface area contributed by atoms with Crippen LogP contribution in [0.5, 0.6) is 0 Å². The van der Waals surface area contributed by atoms with Gasteiger partial charge in [-0.05, 0) is 6.92 Å². The molecule has 2 amide bonds. The average molecular weight is 346 g/mol. The summed E-state index contributed by atoms with van der Waals surface area (Å²) in [6, 6.07) is 0. The molecule has 1 radical (unpaired) electrons. The number of nitrogens with zero attached hydrogens (tertiary/aromatic N) is 3. The number of amides is 2. The van der Waals surface area contributed by atoms with Crippen molar-refractivity contribution in [3.05, 3.63) is 23.9 Å². The van der Waals surface area contributed by atoms with E-state index in [1.165, 1.54) is 0 Å². The number of quaternary nitrogens is 1. The maximum atomic E-state index is 11.8. The van der Waals surface area contributed by atoms with E-state index in [2.05, 4.69) is 31.8 Å². The van der Waals surface area contributed by atoms with Gasteiger partial charge in [0.15, 0.2) is 11.9 Å². The second-order valence-electron chi connectivity index (χ2n) is 6.11. The van der Waals surface area contributed by atoms with Gasteiger partial charge in [-0.15, -0.1) is 0 Å². The van der Waals surface area contributed by atoms with Crippen LogP contribution in [-0.4, -0.2) is 59.3 Å². The number of carbonyl (C=O) groups excluding carboxylic acids is 2. The van der Waals surface area contributed by atoms with Gasteiger partial charge in [0.05, 0.1) is 19.5 Å². The molecule has 8 heteroatoms. The fraction of sp³-hybridized carbons (Fsp3) is 0.529. The van der Waals surface area contributed by atoms with E-state index in [4.69, 9.17) is 0 Å². The number of aryl methyl sites for hydroxylation is 1. The Bertz CT molecular complexity index is 706. The van der Waals surface area contributed by atoms with Gasteiger partial charge in [-0.1, -0.05) is 0 Å². The molecular weight excluding hydrogens is 320 g/mol. The number of imidazole rings is 1. The molecule has 1 aliphatic heterocycles. The second kappa shape index (κ2) is 8.06. The van der Waals surface area contributed by atoms with Crippen molar-refractivity contribution in [1.29, 1.82) is 0 Å². The Labute approximate surface area is 148 Å². The maximum absolute atomic E-state index is 11.8. The minimum atomic E-state index is -0.0268. The first kappa shape index (κ1) is 18.9. The number of rotatable bonds is 8. The highest BCUT2D eigenvalue weighted by Crippen LogP contribution is 2.33. The summed E-state index contributed by atoms with van der Waals surface area (Å²) in [4.78, 5) is 35.4.